The van der Waals surface area contributed by atoms with E-state index in [1.165, 1.54) is 10.4 Å². The molecule has 0 amide bonds. The largest absolute Gasteiger partial charge is 0.496 e. The van der Waals surface area contributed by atoms with Gasteiger partial charge in [0.2, 0.25) is 0 Å². The minimum absolute atomic E-state index is 0.103. The molecule has 0 radical (unpaired) electrons. The smallest absolute Gasteiger partial charge is 0.124 e. The molecule has 0 aliphatic heterocycles. The van der Waals surface area contributed by atoms with E-state index in [4.69, 9.17) is 16.3 Å². The lowest BCUT2D eigenvalue weighted by Gasteiger charge is -2.18. The first-order valence-electron chi connectivity index (χ1n) is 6.14. The summed E-state index contributed by atoms with van der Waals surface area (Å²) in [7, 11) is 3.66. The molecule has 2 rings (SSSR count). The molecule has 1 heterocycles. The number of methoxy groups -OCH3 is 1. The van der Waals surface area contributed by atoms with Crippen LogP contribution in [0.5, 0.6) is 5.75 Å². The summed E-state index contributed by atoms with van der Waals surface area (Å²) in [5.74, 6) is 0.895. The summed E-state index contributed by atoms with van der Waals surface area (Å²) >= 11 is 7.80. The first-order chi connectivity index (χ1) is 9.06. The zero-order chi connectivity index (χ0) is 14.0. The van der Waals surface area contributed by atoms with Gasteiger partial charge in [-0.15, -0.1) is 11.3 Å². The molecule has 1 N–H and O–H groups in total. The fourth-order valence-corrected chi connectivity index (χ4v) is 3.50. The summed E-state index contributed by atoms with van der Waals surface area (Å²) in [5.41, 5.74) is 3.48. The highest BCUT2D eigenvalue weighted by molar-refractivity contribution is 7.16. The van der Waals surface area contributed by atoms with Gasteiger partial charge in [-0.25, -0.2) is 0 Å². The molecule has 0 aliphatic carbocycles. The number of halogens is 1. The minimum atomic E-state index is 0.103. The molecule has 102 valence electrons. The number of ether oxygens (including phenoxy) is 1. The lowest BCUT2D eigenvalue weighted by Crippen LogP contribution is -2.17. The van der Waals surface area contributed by atoms with E-state index in [9.17, 15) is 0 Å². The Bertz CT molecular complexity index is 560. The van der Waals surface area contributed by atoms with Crippen LogP contribution in [0.2, 0.25) is 4.34 Å². The maximum Gasteiger partial charge on any atom is 0.124 e. The van der Waals surface area contributed by atoms with E-state index in [-0.39, 0.29) is 6.04 Å². The molecule has 1 atom stereocenters. The predicted molar refractivity (Wildman–Crippen MR) is 82.7 cm³/mol. The summed E-state index contributed by atoms with van der Waals surface area (Å²) in [6, 6.07) is 8.46. The first kappa shape index (κ1) is 14.4. The third kappa shape index (κ3) is 2.94. The normalized spacial score (nSPS) is 12.5. The molecule has 1 aromatic carbocycles. The number of hydrogen-bond acceptors (Lipinski definition) is 3. The Kier molecular flexibility index (Phi) is 4.50. The van der Waals surface area contributed by atoms with Crippen LogP contribution in [0, 0.1) is 13.8 Å². The summed E-state index contributed by atoms with van der Waals surface area (Å²) in [6.45, 7) is 4.12. The van der Waals surface area contributed by atoms with Crippen molar-refractivity contribution in [2.45, 2.75) is 19.9 Å². The third-order valence-corrected chi connectivity index (χ3v) is 4.77. The maximum absolute atomic E-state index is 6.18. The Morgan fingerprint density at radius 3 is 2.53 bits per heavy atom. The van der Waals surface area contributed by atoms with Crippen LogP contribution < -0.4 is 10.1 Å². The third-order valence-electron chi connectivity index (χ3n) is 3.15. The first-order valence-corrected chi connectivity index (χ1v) is 7.34. The van der Waals surface area contributed by atoms with Gasteiger partial charge in [0.1, 0.15) is 5.75 Å². The van der Waals surface area contributed by atoms with Crippen LogP contribution in [0.4, 0.5) is 0 Å². The van der Waals surface area contributed by atoms with Crippen molar-refractivity contribution in [2.24, 2.45) is 0 Å². The minimum Gasteiger partial charge on any atom is -0.496 e. The molecular weight excluding hydrogens is 278 g/mol. The van der Waals surface area contributed by atoms with Gasteiger partial charge in [-0.3, -0.25) is 0 Å². The molecule has 1 aromatic heterocycles. The van der Waals surface area contributed by atoms with E-state index >= 15 is 0 Å². The quantitative estimate of drug-likeness (QED) is 0.906. The van der Waals surface area contributed by atoms with Crippen LogP contribution in [-0.4, -0.2) is 14.2 Å². The van der Waals surface area contributed by atoms with Gasteiger partial charge in [0, 0.05) is 10.4 Å². The number of hydrogen-bond donors (Lipinski definition) is 1. The highest BCUT2D eigenvalue weighted by Crippen LogP contribution is 2.37. The van der Waals surface area contributed by atoms with Gasteiger partial charge in [0.05, 0.1) is 17.5 Å². The lowest BCUT2D eigenvalue weighted by atomic mass is 10.0. The highest BCUT2D eigenvalue weighted by atomic mass is 35.5. The van der Waals surface area contributed by atoms with Gasteiger partial charge in [0.25, 0.3) is 0 Å². The molecule has 2 nitrogen and oxygen atoms in total. The fraction of sp³-hybridized carbons (Fsp3) is 0.333. The SMILES string of the molecule is CNC(c1cc(C)c(Cl)s1)c1cc(C)ccc1OC. The summed E-state index contributed by atoms with van der Waals surface area (Å²) in [6.07, 6.45) is 0. The van der Waals surface area contributed by atoms with Crippen molar-refractivity contribution in [3.63, 3.8) is 0 Å². The summed E-state index contributed by atoms with van der Waals surface area (Å²) in [4.78, 5) is 1.20. The van der Waals surface area contributed by atoms with E-state index in [1.54, 1.807) is 18.4 Å². The predicted octanol–water partition coefficient (Wildman–Crippen LogP) is 4.34. The van der Waals surface area contributed by atoms with E-state index in [1.807, 2.05) is 20.0 Å². The number of thiophene rings is 1. The highest BCUT2D eigenvalue weighted by Gasteiger charge is 2.19. The van der Waals surface area contributed by atoms with E-state index < -0.39 is 0 Å². The van der Waals surface area contributed by atoms with Crippen LogP contribution in [0.25, 0.3) is 0 Å². The van der Waals surface area contributed by atoms with Crippen molar-refractivity contribution < 1.29 is 4.74 Å². The average molecular weight is 296 g/mol. The van der Waals surface area contributed by atoms with Crippen molar-refractivity contribution in [2.75, 3.05) is 14.2 Å². The van der Waals surface area contributed by atoms with Crippen molar-refractivity contribution in [1.29, 1.82) is 0 Å². The maximum atomic E-state index is 6.18. The molecule has 0 saturated carbocycles. The molecular formula is C15H18ClNOS. The van der Waals surface area contributed by atoms with Crippen molar-refractivity contribution >= 4 is 22.9 Å². The van der Waals surface area contributed by atoms with Gasteiger partial charge in [0.15, 0.2) is 0 Å². The molecule has 0 spiro atoms. The fourth-order valence-electron chi connectivity index (χ4n) is 2.16. The molecule has 0 bridgehead atoms. The second kappa shape index (κ2) is 5.95. The van der Waals surface area contributed by atoms with Gasteiger partial charge < -0.3 is 10.1 Å². The van der Waals surface area contributed by atoms with E-state index in [2.05, 4.69) is 30.4 Å². The second-order valence-corrected chi connectivity index (χ2v) is 6.26. The molecule has 0 fully saturated rings. The van der Waals surface area contributed by atoms with Crippen LogP contribution in [-0.2, 0) is 0 Å². The van der Waals surface area contributed by atoms with Crippen LogP contribution in [0.1, 0.15) is 27.6 Å². The molecule has 1 unspecified atom stereocenters. The molecule has 19 heavy (non-hydrogen) atoms. The zero-order valence-electron chi connectivity index (χ0n) is 11.6. The molecule has 0 saturated heterocycles. The Labute approximate surface area is 123 Å². The van der Waals surface area contributed by atoms with E-state index in [0.717, 1.165) is 21.2 Å². The van der Waals surface area contributed by atoms with Crippen molar-refractivity contribution in [1.82, 2.24) is 5.32 Å². The van der Waals surface area contributed by atoms with Crippen LogP contribution >= 0.6 is 22.9 Å². The summed E-state index contributed by atoms with van der Waals surface area (Å²) in [5, 5.41) is 3.35. The Balaban J connectivity index is 2.50. The lowest BCUT2D eigenvalue weighted by molar-refractivity contribution is 0.405. The van der Waals surface area contributed by atoms with Crippen molar-refractivity contribution in [3.8, 4) is 5.75 Å². The van der Waals surface area contributed by atoms with Crippen molar-refractivity contribution in [3.05, 3.63) is 50.2 Å². The van der Waals surface area contributed by atoms with E-state index in [0.29, 0.717) is 0 Å². The number of rotatable bonds is 4. The molecule has 4 heteroatoms. The van der Waals surface area contributed by atoms with Crippen LogP contribution in [0.15, 0.2) is 24.3 Å². The Hall–Kier alpha value is -1.03. The Morgan fingerprint density at radius 1 is 1.26 bits per heavy atom. The molecule has 0 aliphatic rings. The standard InChI is InChI=1S/C15H18ClNOS/c1-9-5-6-12(18-4)11(7-9)14(17-3)13-8-10(2)15(16)19-13/h5-8,14,17H,1-4H3. The van der Waals surface area contributed by atoms with Gasteiger partial charge in [-0.1, -0.05) is 29.3 Å². The van der Waals surface area contributed by atoms with Gasteiger partial charge >= 0.3 is 0 Å². The second-order valence-electron chi connectivity index (χ2n) is 4.57. The monoisotopic (exact) mass is 295 g/mol. The summed E-state index contributed by atoms with van der Waals surface area (Å²) < 4.78 is 6.32. The number of benzene rings is 1. The Morgan fingerprint density at radius 2 is 2.00 bits per heavy atom. The van der Waals surface area contributed by atoms with Gasteiger partial charge in [-0.2, -0.15) is 0 Å². The topological polar surface area (TPSA) is 21.3 Å². The number of aryl methyl sites for hydroxylation is 2. The van der Waals surface area contributed by atoms with Crippen LogP contribution in [0.3, 0.4) is 0 Å². The van der Waals surface area contributed by atoms with Gasteiger partial charge in [-0.05, 0) is 38.6 Å². The zero-order valence-corrected chi connectivity index (χ0v) is 13.2. The average Bonchev–Trinajstić information content (AvgIpc) is 2.70. The molecule has 2 aromatic rings. The number of nitrogens with one attached hydrogen (secondary N) is 1.